The molecule has 1 amide bonds. The lowest BCUT2D eigenvalue weighted by Crippen LogP contribution is -2.47. The Morgan fingerprint density at radius 2 is 1.90 bits per heavy atom. The number of halogens is 2. The first kappa shape index (κ1) is 16.3. The quantitative estimate of drug-likeness (QED) is 0.809. The van der Waals surface area contributed by atoms with Gasteiger partial charge in [0.15, 0.2) is 0 Å². The maximum absolute atomic E-state index is 12.4. The Labute approximate surface area is 138 Å². The van der Waals surface area contributed by atoms with Crippen LogP contribution in [0.15, 0.2) is 15.2 Å². The van der Waals surface area contributed by atoms with Gasteiger partial charge in [0.2, 0.25) is 0 Å². The van der Waals surface area contributed by atoms with E-state index in [2.05, 4.69) is 21.2 Å². The molecule has 2 fully saturated rings. The minimum absolute atomic E-state index is 0. The van der Waals surface area contributed by atoms with Crippen molar-refractivity contribution in [1.29, 1.82) is 0 Å². The minimum Gasteiger partial charge on any atom is -0.339 e. The summed E-state index contributed by atoms with van der Waals surface area (Å²) in [6.45, 7) is 4.13. The van der Waals surface area contributed by atoms with E-state index in [4.69, 9.17) is 0 Å². The second-order valence-electron chi connectivity index (χ2n) is 5.68. The summed E-state index contributed by atoms with van der Waals surface area (Å²) in [6, 6.07) is 1.93. The Morgan fingerprint density at radius 1 is 1.25 bits per heavy atom. The summed E-state index contributed by atoms with van der Waals surface area (Å²) < 4.78 is 1.03. The highest BCUT2D eigenvalue weighted by Gasteiger charge is 2.36. The predicted octanol–water partition coefficient (Wildman–Crippen LogP) is 3.54. The number of nitrogens with one attached hydrogen (secondary N) is 1. The van der Waals surface area contributed by atoms with E-state index in [0.29, 0.717) is 5.41 Å². The fourth-order valence-corrected chi connectivity index (χ4v) is 4.38. The smallest absolute Gasteiger partial charge is 0.254 e. The number of thiophene rings is 1. The van der Waals surface area contributed by atoms with E-state index in [1.54, 1.807) is 11.3 Å². The van der Waals surface area contributed by atoms with Crippen LogP contribution in [0.4, 0.5) is 0 Å². The molecule has 0 aromatic carbocycles. The average Bonchev–Trinajstić information content (AvgIpc) is 2.87. The van der Waals surface area contributed by atoms with Crippen LogP contribution in [0.2, 0.25) is 0 Å². The number of carbonyl (C=O) groups is 1. The molecule has 0 unspecified atom stereocenters. The summed E-state index contributed by atoms with van der Waals surface area (Å²) in [5.74, 6) is 0.200. The third-order valence-electron chi connectivity index (χ3n) is 4.59. The van der Waals surface area contributed by atoms with Gasteiger partial charge in [-0.3, -0.25) is 4.79 Å². The second-order valence-corrected chi connectivity index (χ2v) is 7.97. The van der Waals surface area contributed by atoms with E-state index < -0.39 is 0 Å². The van der Waals surface area contributed by atoms with Gasteiger partial charge in [-0.15, -0.1) is 23.7 Å². The molecule has 3 heterocycles. The van der Waals surface area contributed by atoms with Crippen LogP contribution in [0, 0.1) is 5.41 Å². The van der Waals surface area contributed by atoms with Crippen molar-refractivity contribution in [3.05, 3.63) is 20.8 Å². The van der Waals surface area contributed by atoms with Gasteiger partial charge in [0, 0.05) is 18.5 Å². The summed E-state index contributed by atoms with van der Waals surface area (Å²) in [5.41, 5.74) is 1.34. The Hall–Kier alpha value is -0.100. The maximum Gasteiger partial charge on any atom is 0.254 e. The third-order valence-corrected chi connectivity index (χ3v) is 6.09. The number of likely N-dealkylation sites (tertiary alicyclic amines) is 1. The molecule has 6 heteroatoms. The predicted molar refractivity (Wildman–Crippen MR) is 88.9 cm³/mol. The lowest BCUT2D eigenvalue weighted by molar-refractivity contribution is 0.0496. The summed E-state index contributed by atoms with van der Waals surface area (Å²) >= 11 is 5.00. The zero-order chi connectivity index (χ0) is 13.3. The van der Waals surface area contributed by atoms with Gasteiger partial charge < -0.3 is 10.2 Å². The van der Waals surface area contributed by atoms with Crippen molar-refractivity contribution in [3.63, 3.8) is 0 Å². The minimum atomic E-state index is 0. The lowest BCUT2D eigenvalue weighted by Gasteiger charge is -2.44. The zero-order valence-electron chi connectivity index (χ0n) is 11.4. The molecule has 2 saturated heterocycles. The number of hydrogen-bond donors (Lipinski definition) is 1. The normalized spacial score (nSPS) is 21.6. The van der Waals surface area contributed by atoms with E-state index in [0.717, 1.165) is 35.5 Å². The van der Waals surface area contributed by atoms with E-state index >= 15 is 0 Å². The van der Waals surface area contributed by atoms with Crippen LogP contribution in [0.5, 0.6) is 0 Å². The Morgan fingerprint density at radius 3 is 2.45 bits per heavy atom. The Bertz CT molecular complexity index is 463. The molecule has 0 atom stereocenters. The summed E-state index contributed by atoms with van der Waals surface area (Å²) in [7, 11) is 0. The molecule has 2 aliphatic rings. The standard InChI is InChI=1S/C14H19BrN2OS.ClH/c15-12-9-11(10-19-12)13(18)17-7-3-14(4-8-17)1-5-16-6-2-14;/h9-10,16H,1-8H2;1H. The van der Waals surface area contributed by atoms with Gasteiger partial charge in [-0.25, -0.2) is 0 Å². The first-order valence-corrected chi connectivity index (χ1v) is 8.60. The summed E-state index contributed by atoms with van der Waals surface area (Å²) in [6.07, 6.45) is 4.90. The van der Waals surface area contributed by atoms with Crippen molar-refractivity contribution in [2.75, 3.05) is 26.2 Å². The van der Waals surface area contributed by atoms with Crippen LogP contribution < -0.4 is 5.32 Å². The van der Waals surface area contributed by atoms with Gasteiger partial charge in [-0.1, -0.05) is 0 Å². The fraction of sp³-hybridized carbons (Fsp3) is 0.643. The molecule has 1 spiro atoms. The number of nitrogens with zero attached hydrogens (tertiary/aromatic N) is 1. The highest BCUT2D eigenvalue weighted by Crippen LogP contribution is 2.39. The number of rotatable bonds is 1. The van der Waals surface area contributed by atoms with Crippen LogP contribution in [0.3, 0.4) is 0 Å². The number of amides is 1. The van der Waals surface area contributed by atoms with E-state index in [-0.39, 0.29) is 18.3 Å². The van der Waals surface area contributed by atoms with Gasteiger partial charge in [-0.2, -0.15) is 0 Å². The maximum atomic E-state index is 12.4. The highest BCUT2D eigenvalue weighted by atomic mass is 79.9. The number of carbonyl (C=O) groups excluding carboxylic acids is 1. The Kier molecular flexibility index (Phi) is 5.51. The molecule has 1 N–H and O–H groups in total. The van der Waals surface area contributed by atoms with Gasteiger partial charge in [0.05, 0.1) is 9.35 Å². The third kappa shape index (κ3) is 3.38. The van der Waals surface area contributed by atoms with Gasteiger partial charge >= 0.3 is 0 Å². The van der Waals surface area contributed by atoms with Crippen molar-refractivity contribution in [3.8, 4) is 0 Å². The first-order chi connectivity index (χ1) is 9.19. The molecule has 1 aromatic heterocycles. The topological polar surface area (TPSA) is 32.3 Å². The van der Waals surface area contributed by atoms with Crippen LogP contribution in [-0.2, 0) is 0 Å². The first-order valence-electron chi connectivity index (χ1n) is 6.93. The summed E-state index contributed by atoms with van der Waals surface area (Å²) in [5, 5.41) is 5.38. The van der Waals surface area contributed by atoms with Crippen LogP contribution in [-0.4, -0.2) is 37.0 Å². The molecule has 0 bridgehead atoms. The highest BCUT2D eigenvalue weighted by molar-refractivity contribution is 9.11. The molecule has 20 heavy (non-hydrogen) atoms. The fourth-order valence-electron chi connectivity index (χ4n) is 3.25. The van der Waals surface area contributed by atoms with E-state index in [1.165, 1.54) is 25.7 Å². The molecule has 0 saturated carbocycles. The van der Waals surface area contributed by atoms with Crippen LogP contribution >= 0.6 is 39.7 Å². The van der Waals surface area contributed by atoms with Crippen molar-refractivity contribution in [1.82, 2.24) is 10.2 Å². The van der Waals surface area contributed by atoms with Gasteiger partial charge in [0.25, 0.3) is 5.91 Å². The summed E-state index contributed by atoms with van der Waals surface area (Å²) in [4.78, 5) is 14.4. The van der Waals surface area contributed by atoms with Crippen molar-refractivity contribution in [2.45, 2.75) is 25.7 Å². The second kappa shape index (κ2) is 6.77. The molecule has 0 radical (unpaired) electrons. The number of hydrogen-bond acceptors (Lipinski definition) is 3. The molecular formula is C14H20BrClN2OS. The molecular weight excluding hydrogens is 360 g/mol. The molecule has 3 rings (SSSR count). The zero-order valence-corrected chi connectivity index (χ0v) is 14.6. The van der Waals surface area contributed by atoms with Gasteiger partial charge in [-0.05, 0) is 66.2 Å². The van der Waals surface area contributed by atoms with E-state index in [1.807, 2.05) is 16.3 Å². The monoisotopic (exact) mass is 378 g/mol. The molecule has 1 aromatic rings. The molecule has 2 aliphatic heterocycles. The van der Waals surface area contributed by atoms with Crippen molar-refractivity contribution < 1.29 is 4.79 Å². The molecule has 112 valence electrons. The average molecular weight is 380 g/mol. The van der Waals surface area contributed by atoms with Crippen LogP contribution in [0.25, 0.3) is 0 Å². The van der Waals surface area contributed by atoms with Crippen molar-refractivity contribution in [2.24, 2.45) is 5.41 Å². The Balaban J connectivity index is 0.00000147. The van der Waals surface area contributed by atoms with Gasteiger partial charge in [0.1, 0.15) is 0 Å². The van der Waals surface area contributed by atoms with E-state index in [9.17, 15) is 4.79 Å². The van der Waals surface area contributed by atoms with Crippen molar-refractivity contribution >= 4 is 45.6 Å². The molecule has 3 nitrogen and oxygen atoms in total. The SMILES string of the molecule is Cl.O=C(c1csc(Br)c1)N1CCC2(CCNCC2)CC1. The molecule has 0 aliphatic carbocycles. The largest absolute Gasteiger partial charge is 0.339 e. The van der Waals surface area contributed by atoms with Crippen LogP contribution in [0.1, 0.15) is 36.0 Å². The number of piperidine rings is 2. The lowest BCUT2D eigenvalue weighted by atomic mass is 9.71.